The summed E-state index contributed by atoms with van der Waals surface area (Å²) >= 11 is 0. The van der Waals surface area contributed by atoms with Gasteiger partial charge in [0.05, 0.1) is 32.2 Å². The summed E-state index contributed by atoms with van der Waals surface area (Å²) in [4.78, 5) is 15.1. The van der Waals surface area contributed by atoms with E-state index >= 15 is 0 Å². The van der Waals surface area contributed by atoms with Crippen LogP contribution in [-0.4, -0.2) is 41.4 Å². The number of carbonyl (C=O) groups is 1. The standard InChI is InChI=1S/C22H23N3O3/c1-24-21(15-8-5-4-6-9-15)16-12-13-25(14-17(16)23-24)22(26)20-18(27-2)10-7-11-19(20)28-3/h4-11H,12-14H2,1-3H3. The van der Waals surface area contributed by atoms with Gasteiger partial charge < -0.3 is 14.4 Å². The first-order chi connectivity index (χ1) is 13.6. The highest BCUT2D eigenvalue weighted by Crippen LogP contribution is 2.33. The highest BCUT2D eigenvalue weighted by atomic mass is 16.5. The maximum absolute atomic E-state index is 13.3. The number of amides is 1. The number of ether oxygens (including phenoxy) is 2. The Bertz CT molecular complexity index is 989. The third-order valence-electron chi connectivity index (χ3n) is 5.18. The molecule has 0 spiro atoms. The molecule has 0 saturated carbocycles. The number of benzene rings is 2. The number of rotatable bonds is 4. The molecule has 1 aromatic heterocycles. The molecule has 6 nitrogen and oxygen atoms in total. The van der Waals surface area contributed by atoms with Gasteiger partial charge >= 0.3 is 0 Å². The van der Waals surface area contributed by atoms with Crippen molar-refractivity contribution in [1.29, 1.82) is 0 Å². The molecule has 3 aromatic rings. The van der Waals surface area contributed by atoms with Crippen LogP contribution >= 0.6 is 0 Å². The van der Waals surface area contributed by atoms with Crippen LogP contribution in [0.1, 0.15) is 21.6 Å². The van der Waals surface area contributed by atoms with E-state index in [0.717, 1.165) is 23.4 Å². The van der Waals surface area contributed by atoms with Crippen LogP contribution in [0.15, 0.2) is 48.5 Å². The van der Waals surface area contributed by atoms with Gasteiger partial charge in [-0.1, -0.05) is 36.4 Å². The second-order valence-electron chi connectivity index (χ2n) is 6.78. The Balaban J connectivity index is 1.67. The smallest absolute Gasteiger partial charge is 0.261 e. The first-order valence-corrected chi connectivity index (χ1v) is 9.24. The summed E-state index contributed by atoms with van der Waals surface area (Å²) in [6.07, 6.45) is 0.761. The fourth-order valence-corrected chi connectivity index (χ4v) is 3.87. The normalized spacial score (nSPS) is 13.2. The van der Waals surface area contributed by atoms with E-state index in [1.807, 2.05) is 40.9 Å². The Morgan fingerprint density at radius 2 is 1.68 bits per heavy atom. The summed E-state index contributed by atoms with van der Waals surface area (Å²) < 4.78 is 12.7. The molecule has 6 heteroatoms. The van der Waals surface area contributed by atoms with Crippen LogP contribution in [0.5, 0.6) is 11.5 Å². The first-order valence-electron chi connectivity index (χ1n) is 9.24. The summed E-state index contributed by atoms with van der Waals surface area (Å²) in [5.41, 5.74) is 4.87. The van der Waals surface area contributed by atoms with E-state index in [2.05, 4.69) is 12.1 Å². The number of hydrogen-bond donors (Lipinski definition) is 0. The lowest BCUT2D eigenvalue weighted by molar-refractivity contribution is 0.0725. The van der Waals surface area contributed by atoms with Crippen molar-refractivity contribution in [3.63, 3.8) is 0 Å². The minimum atomic E-state index is -0.105. The molecule has 4 rings (SSSR count). The zero-order valence-electron chi connectivity index (χ0n) is 16.3. The monoisotopic (exact) mass is 377 g/mol. The SMILES string of the molecule is COc1cccc(OC)c1C(=O)N1CCc2c(nn(C)c2-c2ccccc2)C1. The molecule has 1 aliphatic heterocycles. The van der Waals surface area contributed by atoms with E-state index in [0.29, 0.717) is 30.2 Å². The fraction of sp³-hybridized carbons (Fsp3) is 0.273. The first kappa shape index (κ1) is 18.1. The highest BCUT2D eigenvalue weighted by Gasteiger charge is 2.30. The minimum absolute atomic E-state index is 0.105. The molecule has 0 unspecified atom stereocenters. The summed E-state index contributed by atoms with van der Waals surface area (Å²) in [5.74, 6) is 0.925. The third kappa shape index (κ3) is 3.01. The molecular formula is C22H23N3O3. The van der Waals surface area contributed by atoms with E-state index in [1.165, 1.54) is 5.56 Å². The molecular weight excluding hydrogens is 354 g/mol. The van der Waals surface area contributed by atoms with Gasteiger partial charge in [0.2, 0.25) is 0 Å². The van der Waals surface area contributed by atoms with E-state index in [4.69, 9.17) is 14.6 Å². The molecule has 0 radical (unpaired) electrons. The molecule has 0 bridgehead atoms. The van der Waals surface area contributed by atoms with Gasteiger partial charge in [0.1, 0.15) is 17.1 Å². The molecule has 1 aliphatic rings. The van der Waals surface area contributed by atoms with Gasteiger partial charge in [0, 0.05) is 24.7 Å². The molecule has 0 aliphatic carbocycles. The van der Waals surface area contributed by atoms with Crippen molar-refractivity contribution in [3.8, 4) is 22.8 Å². The zero-order chi connectivity index (χ0) is 19.7. The second-order valence-corrected chi connectivity index (χ2v) is 6.78. The van der Waals surface area contributed by atoms with Gasteiger partial charge in [-0.3, -0.25) is 9.48 Å². The Kier molecular flexibility index (Phi) is 4.77. The quantitative estimate of drug-likeness (QED) is 0.700. The summed E-state index contributed by atoms with van der Waals surface area (Å²) in [5, 5.41) is 4.70. The lowest BCUT2D eigenvalue weighted by atomic mass is 9.99. The number of methoxy groups -OCH3 is 2. The average Bonchev–Trinajstić information content (AvgIpc) is 3.07. The molecule has 2 aromatic carbocycles. The van der Waals surface area contributed by atoms with Crippen LogP contribution < -0.4 is 9.47 Å². The van der Waals surface area contributed by atoms with E-state index in [-0.39, 0.29) is 5.91 Å². The summed E-state index contributed by atoms with van der Waals surface area (Å²) in [6, 6.07) is 15.6. The van der Waals surface area contributed by atoms with Gasteiger partial charge in [-0.15, -0.1) is 0 Å². The average molecular weight is 377 g/mol. The Morgan fingerprint density at radius 1 is 1.00 bits per heavy atom. The van der Waals surface area contributed by atoms with Crippen LogP contribution in [0.4, 0.5) is 0 Å². The molecule has 0 fully saturated rings. The van der Waals surface area contributed by atoms with Crippen molar-refractivity contribution in [1.82, 2.24) is 14.7 Å². The second kappa shape index (κ2) is 7.38. The number of carbonyl (C=O) groups excluding carboxylic acids is 1. The van der Waals surface area contributed by atoms with Crippen LogP contribution in [0, 0.1) is 0 Å². The predicted octanol–water partition coefficient (Wildman–Crippen LogP) is 3.30. The largest absolute Gasteiger partial charge is 0.496 e. The third-order valence-corrected chi connectivity index (χ3v) is 5.18. The Labute approximate surface area is 164 Å². The molecule has 2 heterocycles. The van der Waals surface area contributed by atoms with Crippen LogP contribution in [-0.2, 0) is 20.0 Å². The maximum Gasteiger partial charge on any atom is 0.261 e. The fourth-order valence-electron chi connectivity index (χ4n) is 3.87. The topological polar surface area (TPSA) is 56.6 Å². The summed E-state index contributed by atoms with van der Waals surface area (Å²) in [6.45, 7) is 1.09. The molecule has 144 valence electrons. The zero-order valence-corrected chi connectivity index (χ0v) is 16.3. The van der Waals surface area contributed by atoms with Crippen molar-refractivity contribution in [2.24, 2.45) is 7.05 Å². The molecule has 28 heavy (non-hydrogen) atoms. The van der Waals surface area contributed by atoms with E-state index < -0.39 is 0 Å². The molecule has 0 saturated heterocycles. The molecule has 0 atom stereocenters. The van der Waals surface area contributed by atoms with Gasteiger partial charge in [-0.05, 0) is 18.6 Å². The lowest BCUT2D eigenvalue weighted by Crippen LogP contribution is -2.36. The van der Waals surface area contributed by atoms with Gasteiger partial charge in [0.15, 0.2) is 0 Å². The van der Waals surface area contributed by atoms with Gasteiger partial charge in [0.25, 0.3) is 5.91 Å². The Hall–Kier alpha value is -3.28. The Morgan fingerprint density at radius 3 is 2.32 bits per heavy atom. The number of hydrogen-bond acceptors (Lipinski definition) is 4. The number of nitrogens with zero attached hydrogens (tertiary/aromatic N) is 3. The number of aromatic nitrogens is 2. The van der Waals surface area contributed by atoms with Gasteiger partial charge in [-0.2, -0.15) is 5.10 Å². The maximum atomic E-state index is 13.3. The van der Waals surface area contributed by atoms with Crippen molar-refractivity contribution < 1.29 is 14.3 Å². The number of aryl methyl sites for hydroxylation is 1. The van der Waals surface area contributed by atoms with E-state index in [1.54, 1.807) is 26.4 Å². The summed E-state index contributed by atoms with van der Waals surface area (Å²) in [7, 11) is 5.07. The molecule has 1 amide bonds. The van der Waals surface area contributed by atoms with Crippen molar-refractivity contribution >= 4 is 5.91 Å². The van der Waals surface area contributed by atoms with Crippen LogP contribution in [0.2, 0.25) is 0 Å². The van der Waals surface area contributed by atoms with E-state index in [9.17, 15) is 4.79 Å². The van der Waals surface area contributed by atoms with Gasteiger partial charge in [-0.25, -0.2) is 0 Å². The minimum Gasteiger partial charge on any atom is -0.496 e. The predicted molar refractivity (Wildman–Crippen MR) is 107 cm³/mol. The van der Waals surface area contributed by atoms with Crippen molar-refractivity contribution in [2.75, 3.05) is 20.8 Å². The highest BCUT2D eigenvalue weighted by molar-refractivity contribution is 5.99. The van der Waals surface area contributed by atoms with Crippen molar-refractivity contribution in [2.45, 2.75) is 13.0 Å². The van der Waals surface area contributed by atoms with Crippen molar-refractivity contribution in [3.05, 3.63) is 65.4 Å². The molecule has 0 N–H and O–H groups in total. The van der Waals surface area contributed by atoms with Crippen LogP contribution in [0.25, 0.3) is 11.3 Å². The lowest BCUT2D eigenvalue weighted by Gasteiger charge is -2.27. The van der Waals surface area contributed by atoms with Crippen LogP contribution in [0.3, 0.4) is 0 Å². The number of fused-ring (bicyclic) bond motifs is 1.